The Morgan fingerprint density at radius 3 is 1.90 bits per heavy atom. The van der Waals surface area contributed by atoms with Crippen molar-refractivity contribution in [1.29, 1.82) is 0 Å². The minimum absolute atomic E-state index is 0.0111. The highest BCUT2D eigenvalue weighted by Gasteiger charge is 2.64. The molecule has 4 atom stereocenters. The summed E-state index contributed by atoms with van der Waals surface area (Å²) in [7, 11) is 0. The van der Waals surface area contributed by atoms with E-state index in [1.165, 1.54) is 136 Å². The zero-order chi connectivity index (χ0) is 50.0. The molecule has 0 spiro atoms. The average molecular weight is 942 g/mol. The highest BCUT2D eigenvalue weighted by molar-refractivity contribution is 7.00. The number of aromatic nitrogens is 1. The lowest BCUT2D eigenvalue weighted by molar-refractivity contribution is 0.195. The molecule has 0 saturated heterocycles. The van der Waals surface area contributed by atoms with Gasteiger partial charge in [-0.3, -0.25) is 0 Å². The molecule has 0 radical (unpaired) electrons. The van der Waals surface area contributed by atoms with Gasteiger partial charge >= 0.3 is 0 Å². The Hall–Kier alpha value is -6.00. The number of benzene rings is 7. The van der Waals surface area contributed by atoms with Gasteiger partial charge in [0.05, 0.1) is 16.6 Å². The van der Waals surface area contributed by atoms with Gasteiger partial charge in [-0.05, 0) is 165 Å². The molecule has 14 rings (SSSR count). The summed E-state index contributed by atoms with van der Waals surface area (Å²) in [6, 6.07) is 51.5. The van der Waals surface area contributed by atoms with Crippen molar-refractivity contribution in [2.75, 3.05) is 9.80 Å². The summed E-state index contributed by atoms with van der Waals surface area (Å²) < 4.78 is 2.75. The Kier molecular flexibility index (Phi) is 8.68. The van der Waals surface area contributed by atoms with Gasteiger partial charge in [0.15, 0.2) is 0 Å². The minimum atomic E-state index is -0.341. The maximum absolute atomic E-state index is 2.94. The fourth-order valence-electron chi connectivity index (χ4n) is 15.8. The molecule has 1 aromatic heterocycles. The van der Waals surface area contributed by atoms with Gasteiger partial charge in [0, 0.05) is 55.6 Å². The lowest BCUT2D eigenvalue weighted by atomic mass is 9.33. The van der Waals surface area contributed by atoms with Crippen LogP contribution in [0.4, 0.5) is 22.7 Å². The summed E-state index contributed by atoms with van der Waals surface area (Å²) in [5, 5.41) is 2.75. The predicted molar refractivity (Wildman–Crippen MR) is 308 cm³/mol. The fourth-order valence-corrected chi connectivity index (χ4v) is 15.8. The number of nitrogens with zero attached hydrogens (tertiary/aromatic N) is 3. The van der Waals surface area contributed by atoms with Crippen molar-refractivity contribution in [3.63, 3.8) is 0 Å². The maximum atomic E-state index is 2.94. The summed E-state index contributed by atoms with van der Waals surface area (Å²) in [6.07, 6.45) is 7.00. The molecule has 0 amide bonds. The van der Waals surface area contributed by atoms with E-state index in [9.17, 15) is 0 Å². The highest BCUT2D eigenvalue weighted by atomic mass is 15.3. The number of anilines is 4. The second-order valence-corrected chi connectivity index (χ2v) is 27.2. The van der Waals surface area contributed by atoms with Crippen LogP contribution in [0.2, 0.25) is 0 Å². The van der Waals surface area contributed by atoms with Crippen LogP contribution in [0.5, 0.6) is 0 Å². The SMILES string of the molecule is CC(C)(C)c1cc2c3c(c1)C1(C)CCc4ccccc4C1(C)N3c1cc(N3c4ccc(-c5ccccc5)cc4C4(C)CCCCC34C)cc3c1B2c1cc(C(C)(C)C)cc2c4cc(C(C)(C)C)ccc4n-3c12. The first kappa shape index (κ1) is 44.7. The van der Waals surface area contributed by atoms with Crippen LogP contribution in [0.3, 0.4) is 0 Å². The summed E-state index contributed by atoms with van der Waals surface area (Å²) in [6.45, 7) is 32.2. The van der Waals surface area contributed by atoms with Gasteiger partial charge in [-0.1, -0.05) is 174 Å². The van der Waals surface area contributed by atoms with E-state index in [0.717, 1.165) is 19.3 Å². The Morgan fingerprint density at radius 1 is 0.486 bits per heavy atom. The monoisotopic (exact) mass is 942 g/mol. The number of aryl methyl sites for hydroxylation is 1. The first-order valence-corrected chi connectivity index (χ1v) is 27.5. The molecule has 1 fully saturated rings. The van der Waals surface area contributed by atoms with E-state index in [1.54, 1.807) is 0 Å². The van der Waals surface area contributed by atoms with Crippen molar-refractivity contribution < 1.29 is 0 Å². The summed E-state index contributed by atoms with van der Waals surface area (Å²) in [5.74, 6) is 0. The fraction of sp³-hybridized carbons (Fsp3) is 0.382. The quantitative estimate of drug-likeness (QED) is 0.160. The van der Waals surface area contributed by atoms with Gasteiger partial charge in [0.1, 0.15) is 0 Å². The van der Waals surface area contributed by atoms with Crippen LogP contribution in [-0.2, 0) is 39.0 Å². The van der Waals surface area contributed by atoms with Gasteiger partial charge < -0.3 is 14.4 Å². The van der Waals surface area contributed by atoms with Crippen LogP contribution in [0.15, 0.2) is 127 Å². The molecule has 8 aromatic rings. The summed E-state index contributed by atoms with van der Waals surface area (Å²) in [5.41, 5.74) is 26.1. The molecule has 7 aromatic carbocycles. The summed E-state index contributed by atoms with van der Waals surface area (Å²) in [4.78, 5) is 5.81. The van der Waals surface area contributed by atoms with Crippen molar-refractivity contribution in [1.82, 2.24) is 4.57 Å². The molecule has 72 heavy (non-hydrogen) atoms. The molecule has 1 saturated carbocycles. The van der Waals surface area contributed by atoms with Gasteiger partial charge in [-0.15, -0.1) is 0 Å². The Labute approximate surface area is 429 Å². The lowest BCUT2D eigenvalue weighted by Crippen LogP contribution is -2.63. The van der Waals surface area contributed by atoms with E-state index >= 15 is 0 Å². The second-order valence-electron chi connectivity index (χ2n) is 27.2. The Morgan fingerprint density at radius 2 is 1.15 bits per heavy atom. The van der Waals surface area contributed by atoms with Crippen LogP contribution in [0, 0.1) is 0 Å². The number of fused-ring (bicyclic) bond motifs is 15. The van der Waals surface area contributed by atoms with Crippen LogP contribution >= 0.6 is 0 Å². The molecule has 362 valence electrons. The van der Waals surface area contributed by atoms with E-state index in [4.69, 9.17) is 0 Å². The normalized spacial score (nSPS) is 24.5. The first-order chi connectivity index (χ1) is 34.1. The van der Waals surface area contributed by atoms with Crippen molar-refractivity contribution >= 4 is 67.7 Å². The van der Waals surface area contributed by atoms with Gasteiger partial charge in [-0.2, -0.15) is 0 Å². The van der Waals surface area contributed by atoms with E-state index in [1.807, 2.05) is 0 Å². The smallest absolute Gasteiger partial charge is 0.252 e. The van der Waals surface area contributed by atoms with Crippen LogP contribution in [0.1, 0.15) is 161 Å². The predicted octanol–water partition coefficient (Wildman–Crippen LogP) is 15.5. The van der Waals surface area contributed by atoms with Gasteiger partial charge in [0.25, 0.3) is 6.71 Å². The molecular formula is C68H72BN3. The van der Waals surface area contributed by atoms with Crippen molar-refractivity contribution in [3.8, 4) is 16.8 Å². The van der Waals surface area contributed by atoms with E-state index in [0.29, 0.717) is 0 Å². The average Bonchev–Trinajstić information content (AvgIpc) is 3.87. The molecule has 3 nitrogen and oxygen atoms in total. The van der Waals surface area contributed by atoms with Crippen LogP contribution in [-0.4, -0.2) is 16.8 Å². The zero-order valence-corrected chi connectivity index (χ0v) is 45.3. The van der Waals surface area contributed by atoms with Crippen LogP contribution < -0.4 is 26.2 Å². The van der Waals surface area contributed by atoms with Crippen LogP contribution in [0.25, 0.3) is 38.6 Å². The minimum Gasteiger partial charge on any atom is -0.334 e. The van der Waals surface area contributed by atoms with Gasteiger partial charge in [0.2, 0.25) is 0 Å². The number of hydrogen-bond acceptors (Lipinski definition) is 2. The molecule has 2 aliphatic carbocycles. The largest absolute Gasteiger partial charge is 0.334 e. The lowest BCUT2D eigenvalue weighted by Gasteiger charge is -2.53. The molecule has 4 aliphatic heterocycles. The van der Waals surface area contributed by atoms with Crippen molar-refractivity contribution in [3.05, 3.63) is 166 Å². The molecule has 0 bridgehead atoms. The van der Waals surface area contributed by atoms with E-state index in [-0.39, 0.29) is 44.9 Å². The zero-order valence-electron chi connectivity index (χ0n) is 45.3. The number of rotatable bonds is 2. The standard InChI is InChI=1S/C68H72BN3/c1-62(2,3)44-26-28-55-48(34-44)49-35-45(63(4,5)6)37-53-60(49)70(55)57-39-47(71-56-27-25-43(41-21-15-14-16-22-41)33-51(56)65(10)30-19-20-31-67(65,71)12)40-58-59(57)69(53)54-38-46(64(7,8)9)36-52-61(54)72(58)68(13)50-24-18-17-23-42(50)29-32-66(52,68)11/h14-18,21-28,33-40H,19-20,29-32H2,1-13H3. The van der Waals surface area contributed by atoms with Gasteiger partial charge in [-0.25, -0.2) is 0 Å². The molecular weight excluding hydrogens is 870 g/mol. The Balaban J connectivity index is 1.16. The Bertz CT molecular complexity index is 3690. The van der Waals surface area contributed by atoms with E-state index in [2.05, 4.69) is 232 Å². The van der Waals surface area contributed by atoms with Crippen molar-refractivity contribution in [2.24, 2.45) is 0 Å². The molecule has 4 unspecified atom stereocenters. The number of hydrogen-bond donors (Lipinski definition) is 0. The third-order valence-corrected chi connectivity index (χ3v) is 20.4. The molecule has 5 heterocycles. The van der Waals surface area contributed by atoms with E-state index < -0.39 is 0 Å². The molecule has 4 heteroatoms. The molecule has 6 aliphatic rings. The third-order valence-electron chi connectivity index (χ3n) is 20.4. The second kappa shape index (κ2) is 14.0. The van der Waals surface area contributed by atoms with Crippen molar-refractivity contribution in [2.45, 2.75) is 167 Å². The highest BCUT2D eigenvalue weighted by Crippen LogP contribution is 2.66. The maximum Gasteiger partial charge on any atom is 0.252 e. The summed E-state index contributed by atoms with van der Waals surface area (Å²) >= 11 is 0. The third kappa shape index (κ3) is 5.45. The molecule has 0 N–H and O–H groups in total. The first-order valence-electron chi connectivity index (χ1n) is 27.5. The topological polar surface area (TPSA) is 11.4 Å².